The zero-order valence-electron chi connectivity index (χ0n) is 8.77. The molecule has 2 aromatic rings. The highest BCUT2D eigenvalue weighted by Gasteiger charge is 2.11. The lowest BCUT2D eigenvalue weighted by Gasteiger charge is -1.92. The monoisotopic (exact) mass is 223 g/mol. The number of hydrogen-bond donors (Lipinski definition) is 1. The number of aryl methyl sites for hydroxylation is 2. The standard InChI is InChI=1S/C9H13N5S/c1-3-4-7-12-8(14(2)13-7)6-5-15-9(10)11-6/h5H,3-4H2,1-2H3,(H2,10,11). The van der Waals surface area contributed by atoms with E-state index in [1.54, 1.807) is 4.68 Å². The van der Waals surface area contributed by atoms with Gasteiger partial charge in [-0.3, -0.25) is 0 Å². The summed E-state index contributed by atoms with van der Waals surface area (Å²) < 4.78 is 1.75. The fourth-order valence-corrected chi connectivity index (χ4v) is 1.92. The second-order valence-electron chi connectivity index (χ2n) is 3.30. The van der Waals surface area contributed by atoms with E-state index in [4.69, 9.17) is 5.73 Å². The first-order valence-corrected chi connectivity index (χ1v) is 5.70. The first-order valence-electron chi connectivity index (χ1n) is 4.82. The van der Waals surface area contributed by atoms with Crippen molar-refractivity contribution in [1.82, 2.24) is 19.7 Å². The fraction of sp³-hybridized carbons (Fsp3) is 0.444. The van der Waals surface area contributed by atoms with Gasteiger partial charge in [0, 0.05) is 18.8 Å². The minimum atomic E-state index is 0.560. The van der Waals surface area contributed by atoms with Crippen LogP contribution in [0, 0.1) is 0 Å². The molecule has 0 atom stereocenters. The topological polar surface area (TPSA) is 69.6 Å². The number of rotatable bonds is 3. The van der Waals surface area contributed by atoms with Crippen LogP contribution in [-0.4, -0.2) is 19.7 Å². The van der Waals surface area contributed by atoms with Gasteiger partial charge in [0.25, 0.3) is 0 Å². The molecule has 0 aromatic carbocycles. The zero-order valence-corrected chi connectivity index (χ0v) is 9.58. The van der Waals surface area contributed by atoms with E-state index in [0.717, 1.165) is 30.2 Å². The maximum Gasteiger partial charge on any atom is 0.180 e. The van der Waals surface area contributed by atoms with Crippen molar-refractivity contribution in [3.63, 3.8) is 0 Å². The molecule has 80 valence electrons. The van der Waals surface area contributed by atoms with Gasteiger partial charge in [0.1, 0.15) is 5.69 Å². The van der Waals surface area contributed by atoms with Gasteiger partial charge in [-0.25, -0.2) is 14.6 Å². The molecule has 2 N–H and O–H groups in total. The Morgan fingerprint density at radius 2 is 2.27 bits per heavy atom. The van der Waals surface area contributed by atoms with Crippen LogP contribution in [0.15, 0.2) is 5.38 Å². The Bertz CT molecular complexity index is 459. The highest BCUT2D eigenvalue weighted by Crippen LogP contribution is 2.21. The molecular formula is C9H13N5S. The summed E-state index contributed by atoms with van der Waals surface area (Å²) in [4.78, 5) is 8.61. The lowest BCUT2D eigenvalue weighted by atomic mass is 10.3. The summed E-state index contributed by atoms with van der Waals surface area (Å²) in [6, 6.07) is 0. The predicted molar refractivity (Wildman–Crippen MR) is 60.5 cm³/mol. The quantitative estimate of drug-likeness (QED) is 0.855. The molecule has 2 rings (SSSR count). The van der Waals surface area contributed by atoms with Gasteiger partial charge in [-0.2, -0.15) is 5.10 Å². The van der Waals surface area contributed by atoms with E-state index < -0.39 is 0 Å². The van der Waals surface area contributed by atoms with Crippen LogP contribution in [0.3, 0.4) is 0 Å². The van der Waals surface area contributed by atoms with Crippen LogP contribution in [0.1, 0.15) is 19.2 Å². The largest absolute Gasteiger partial charge is 0.375 e. The van der Waals surface area contributed by atoms with Crippen molar-refractivity contribution in [3.05, 3.63) is 11.2 Å². The third kappa shape index (κ3) is 1.99. The molecule has 0 spiro atoms. The van der Waals surface area contributed by atoms with Gasteiger partial charge in [-0.05, 0) is 6.42 Å². The van der Waals surface area contributed by atoms with Crippen molar-refractivity contribution in [2.45, 2.75) is 19.8 Å². The average molecular weight is 223 g/mol. The summed E-state index contributed by atoms with van der Waals surface area (Å²) in [5, 5.41) is 6.77. The number of thiazole rings is 1. The van der Waals surface area contributed by atoms with Crippen LogP contribution in [0.5, 0.6) is 0 Å². The number of nitrogens with two attached hydrogens (primary N) is 1. The molecule has 2 aromatic heterocycles. The Morgan fingerprint density at radius 1 is 1.47 bits per heavy atom. The van der Waals surface area contributed by atoms with Crippen molar-refractivity contribution in [2.24, 2.45) is 7.05 Å². The minimum absolute atomic E-state index is 0.560. The van der Waals surface area contributed by atoms with E-state index >= 15 is 0 Å². The molecule has 0 saturated heterocycles. The molecule has 0 unspecified atom stereocenters. The van der Waals surface area contributed by atoms with E-state index in [-0.39, 0.29) is 0 Å². The summed E-state index contributed by atoms with van der Waals surface area (Å²) in [5.74, 6) is 1.65. The highest BCUT2D eigenvalue weighted by molar-refractivity contribution is 7.13. The first kappa shape index (κ1) is 10.1. The summed E-state index contributed by atoms with van der Waals surface area (Å²) in [7, 11) is 1.87. The van der Waals surface area contributed by atoms with Crippen LogP contribution in [0.25, 0.3) is 11.5 Å². The first-order chi connectivity index (χ1) is 7.20. The van der Waals surface area contributed by atoms with E-state index in [1.165, 1.54) is 11.3 Å². The van der Waals surface area contributed by atoms with E-state index in [1.807, 2.05) is 12.4 Å². The van der Waals surface area contributed by atoms with Crippen LogP contribution in [0.4, 0.5) is 5.13 Å². The van der Waals surface area contributed by atoms with Gasteiger partial charge in [-0.15, -0.1) is 11.3 Å². The molecule has 0 amide bonds. The SMILES string of the molecule is CCCc1nc(-c2csc(N)n2)n(C)n1. The van der Waals surface area contributed by atoms with Gasteiger partial charge < -0.3 is 5.73 Å². The predicted octanol–water partition coefficient (Wildman–Crippen LogP) is 1.47. The number of aromatic nitrogens is 4. The summed E-state index contributed by atoms with van der Waals surface area (Å²) in [6.07, 6.45) is 1.94. The molecule has 0 saturated carbocycles. The Kier molecular flexibility index (Phi) is 2.68. The van der Waals surface area contributed by atoms with Crippen molar-refractivity contribution >= 4 is 16.5 Å². The Balaban J connectivity index is 2.35. The van der Waals surface area contributed by atoms with Gasteiger partial charge in [-0.1, -0.05) is 6.92 Å². The molecule has 0 aliphatic carbocycles. The number of anilines is 1. The third-order valence-electron chi connectivity index (χ3n) is 2.03. The molecule has 0 radical (unpaired) electrons. The molecule has 15 heavy (non-hydrogen) atoms. The summed E-state index contributed by atoms with van der Waals surface area (Å²) >= 11 is 1.42. The van der Waals surface area contributed by atoms with Crippen LogP contribution < -0.4 is 5.73 Å². The lowest BCUT2D eigenvalue weighted by Crippen LogP contribution is -1.95. The Hall–Kier alpha value is -1.43. The van der Waals surface area contributed by atoms with Crippen molar-refractivity contribution in [3.8, 4) is 11.5 Å². The molecular weight excluding hydrogens is 210 g/mol. The lowest BCUT2D eigenvalue weighted by molar-refractivity contribution is 0.737. The van der Waals surface area contributed by atoms with E-state index in [0.29, 0.717) is 5.13 Å². The maximum absolute atomic E-state index is 5.58. The molecule has 2 heterocycles. The minimum Gasteiger partial charge on any atom is -0.375 e. The second kappa shape index (κ2) is 3.98. The van der Waals surface area contributed by atoms with Gasteiger partial charge >= 0.3 is 0 Å². The van der Waals surface area contributed by atoms with Crippen molar-refractivity contribution < 1.29 is 0 Å². The van der Waals surface area contributed by atoms with Gasteiger partial charge in [0.2, 0.25) is 0 Å². The summed E-state index contributed by atoms with van der Waals surface area (Å²) in [5.41, 5.74) is 6.38. The van der Waals surface area contributed by atoms with Crippen LogP contribution >= 0.6 is 11.3 Å². The molecule has 0 aliphatic heterocycles. The molecule has 0 bridgehead atoms. The molecule has 0 fully saturated rings. The maximum atomic E-state index is 5.58. The normalized spacial score (nSPS) is 10.8. The number of nitrogen functional groups attached to an aromatic ring is 1. The van der Waals surface area contributed by atoms with Gasteiger partial charge in [0.15, 0.2) is 16.8 Å². The fourth-order valence-electron chi connectivity index (χ4n) is 1.38. The van der Waals surface area contributed by atoms with Crippen LogP contribution in [-0.2, 0) is 13.5 Å². The van der Waals surface area contributed by atoms with Crippen molar-refractivity contribution in [1.29, 1.82) is 0 Å². The second-order valence-corrected chi connectivity index (χ2v) is 4.19. The van der Waals surface area contributed by atoms with E-state index in [2.05, 4.69) is 22.0 Å². The average Bonchev–Trinajstić information content (AvgIpc) is 2.73. The van der Waals surface area contributed by atoms with Crippen molar-refractivity contribution in [2.75, 3.05) is 5.73 Å². The van der Waals surface area contributed by atoms with E-state index in [9.17, 15) is 0 Å². The smallest absolute Gasteiger partial charge is 0.180 e. The van der Waals surface area contributed by atoms with Gasteiger partial charge in [0.05, 0.1) is 0 Å². The molecule has 6 heteroatoms. The Morgan fingerprint density at radius 3 is 2.87 bits per heavy atom. The third-order valence-corrected chi connectivity index (χ3v) is 2.71. The summed E-state index contributed by atoms with van der Waals surface area (Å²) in [6.45, 7) is 2.11. The number of nitrogens with zero attached hydrogens (tertiary/aromatic N) is 4. The Labute approximate surface area is 92.0 Å². The molecule has 5 nitrogen and oxygen atoms in total. The number of hydrogen-bond acceptors (Lipinski definition) is 5. The highest BCUT2D eigenvalue weighted by atomic mass is 32.1. The molecule has 0 aliphatic rings. The van der Waals surface area contributed by atoms with Crippen LogP contribution in [0.2, 0.25) is 0 Å². The zero-order chi connectivity index (χ0) is 10.8.